The molecule has 4 aromatic rings. The summed E-state index contributed by atoms with van der Waals surface area (Å²) < 4.78 is 34.7. The summed E-state index contributed by atoms with van der Waals surface area (Å²) in [5.74, 6) is -0.681. The lowest BCUT2D eigenvalue weighted by atomic mass is 9.97. The van der Waals surface area contributed by atoms with Crippen LogP contribution in [0.4, 0.5) is 11.4 Å². The van der Waals surface area contributed by atoms with Crippen molar-refractivity contribution in [3.63, 3.8) is 0 Å². The second-order valence-electron chi connectivity index (χ2n) is 14.2. The molecule has 5 rings (SSSR count). The van der Waals surface area contributed by atoms with Gasteiger partial charge in [0, 0.05) is 51.3 Å². The Morgan fingerprint density at radius 3 is 1.59 bits per heavy atom. The van der Waals surface area contributed by atoms with E-state index in [-0.39, 0.29) is 43.2 Å². The molecule has 1 aliphatic rings. The Kier molecular flexibility index (Phi) is 13.5. The molecular weight excluding hydrogens is 742 g/mol. The van der Waals surface area contributed by atoms with Crippen molar-refractivity contribution >= 4 is 59.4 Å². The summed E-state index contributed by atoms with van der Waals surface area (Å²) in [5.41, 5.74) is 4.16. The van der Waals surface area contributed by atoms with Gasteiger partial charge in [0.1, 0.15) is 0 Å². The number of rotatable bonds is 15. The predicted octanol–water partition coefficient (Wildman–Crippen LogP) is 10.1. The summed E-state index contributed by atoms with van der Waals surface area (Å²) in [6.07, 6.45) is 7.38. The molecule has 2 amide bonds. The molecule has 0 spiro atoms. The maximum Gasteiger partial charge on any atom is 0.300 e. The second-order valence-corrected chi connectivity index (χ2v) is 19.1. The standard InChI is InChI=1S/C45H50N2O7P2/c1-8-54-56(53,37-23-16-11-17-24-37)45(51)41-30(3)28-32(5)43(34(41)7)47-39(49)26-18-25-38(48)46-42-31(4)27-29(2)40(33(42)6)44(50)55(52,35-19-12-9-13-20-35)36-21-14-10-15-22-36/h9,11-14,16-17,19-24,27-28H,8,10,15,18,25-26H2,1-7H3,(H,46,48)(H,47,49). The van der Waals surface area contributed by atoms with Crippen molar-refractivity contribution < 1.29 is 32.8 Å². The minimum atomic E-state index is -3.95. The van der Waals surface area contributed by atoms with Crippen molar-refractivity contribution in [1.29, 1.82) is 0 Å². The molecule has 4 aromatic carbocycles. The fraction of sp³-hybridized carbons (Fsp3) is 0.289. The number of anilines is 2. The SMILES string of the molecule is CCOP(=O)(C(=O)c1c(C)cc(C)c(NC(=O)CCCC(=O)Nc2c(C)cc(C)c(C(=O)P(=O)(C3=CCCC=C3)c3ccccc3)c2C)c1C)c1ccccc1. The molecular formula is C45H50N2O7P2. The first-order valence-electron chi connectivity index (χ1n) is 18.9. The van der Waals surface area contributed by atoms with E-state index in [1.54, 1.807) is 94.4 Å². The van der Waals surface area contributed by atoms with Crippen LogP contribution in [0.1, 0.15) is 93.1 Å². The third kappa shape index (κ3) is 8.56. The minimum Gasteiger partial charge on any atom is -0.326 e. The number of aryl methyl sites for hydroxylation is 4. The monoisotopic (exact) mass is 792 g/mol. The van der Waals surface area contributed by atoms with Crippen LogP contribution in [0.2, 0.25) is 0 Å². The molecule has 0 bridgehead atoms. The largest absolute Gasteiger partial charge is 0.326 e. The highest BCUT2D eigenvalue weighted by Gasteiger charge is 2.40. The van der Waals surface area contributed by atoms with Crippen LogP contribution in [-0.4, -0.2) is 29.5 Å². The average Bonchev–Trinajstić information content (AvgIpc) is 3.18. The van der Waals surface area contributed by atoms with Gasteiger partial charge < -0.3 is 19.7 Å². The number of hydrogen-bond donors (Lipinski definition) is 2. The van der Waals surface area contributed by atoms with Gasteiger partial charge in [-0.1, -0.05) is 78.9 Å². The van der Waals surface area contributed by atoms with Crippen LogP contribution in [-0.2, 0) is 23.2 Å². The van der Waals surface area contributed by atoms with Gasteiger partial charge in [-0.3, -0.25) is 23.7 Å². The zero-order valence-corrected chi connectivity index (χ0v) is 34.9. The highest BCUT2D eigenvalue weighted by atomic mass is 31.2. The van der Waals surface area contributed by atoms with E-state index in [1.165, 1.54) is 0 Å². The molecule has 2 unspecified atom stereocenters. The molecule has 292 valence electrons. The van der Waals surface area contributed by atoms with Crippen molar-refractivity contribution in [2.24, 2.45) is 0 Å². The van der Waals surface area contributed by atoms with Crippen molar-refractivity contribution in [3.8, 4) is 0 Å². The Hall–Kier alpha value is -4.94. The maximum atomic E-state index is 14.9. The highest BCUT2D eigenvalue weighted by molar-refractivity contribution is 7.91. The van der Waals surface area contributed by atoms with E-state index in [2.05, 4.69) is 10.6 Å². The summed E-state index contributed by atoms with van der Waals surface area (Å²) in [6.45, 7) is 12.5. The number of amides is 2. The Balaban J connectivity index is 1.31. The Morgan fingerprint density at radius 1 is 0.643 bits per heavy atom. The first-order valence-corrected chi connectivity index (χ1v) is 22.2. The van der Waals surface area contributed by atoms with Gasteiger partial charge in [0.2, 0.25) is 24.5 Å². The van der Waals surface area contributed by atoms with Crippen molar-refractivity contribution in [2.75, 3.05) is 17.2 Å². The van der Waals surface area contributed by atoms with Crippen LogP contribution < -0.4 is 21.2 Å². The zero-order valence-electron chi connectivity index (χ0n) is 33.2. The van der Waals surface area contributed by atoms with Gasteiger partial charge in [-0.2, -0.15) is 0 Å². The van der Waals surface area contributed by atoms with E-state index < -0.39 is 25.6 Å². The first-order chi connectivity index (χ1) is 26.6. The molecule has 0 heterocycles. The Morgan fingerprint density at radius 2 is 1.12 bits per heavy atom. The summed E-state index contributed by atoms with van der Waals surface area (Å²) in [7, 11) is -7.69. The van der Waals surface area contributed by atoms with E-state index in [0.717, 1.165) is 17.5 Å². The second kappa shape index (κ2) is 17.9. The zero-order chi connectivity index (χ0) is 40.8. The molecule has 0 radical (unpaired) electrons. The summed E-state index contributed by atoms with van der Waals surface area (Å²) in [6, 6.07) is 20.8. The van der Waals surface area contributed by atoms with E-state index in [0.29, 0.717) is 61.5 Å². The van der Waals surface area contributed by atoms with Crippen molar-refractivity contribution in [3.05, 3.63) is 141 Å². The van der Waals surface area contributed by atoms with Crippen molar-refractivity contribution in [2.45, 2.75) is 80.6 Å². The average molecular weight is 793 g/mol. The quantitative estimate of drug-likeness (QED) is 0.114. The number of hydrogen-bond acceptors (Lipinski definition) is 7. The molecule has 9 nitrogen and oxygen atoms in total. The Bertz CT molecular complexity index is 2350. The molecule has 0 aliphatic heterocycles. The minimum absolute atomic E-state index is 0.0173. The number of carbonyl (C=O) groups is 4. The summed E-state index contributed by atoms with van der Waals surface area (Å²) in [5, 5.41) is 7.16. The van der Waals surface area contributed by atoms with E-state index in [4.69, 9.17) is 4.52 Å². The molecule has 0 aromatic heterocycles. The molecule has 56 heavy (non-hydrogen) atoms. The van der Waals surface area contributed by atoms with Gasteiger partial charge in [0.25, 0.3) is 5.52 Å². The molecule has 2 N–H and O–H groups in total. The van der Waals surface area contributed by atoms with Crippen LogP contribution in [0.25, 0.3) is 0 Å². The lowest BCUT2D eigenvalue weighted by Gasteiger charge is -2.24. The van der Waals surface area contributed by atoms with Gasteiger partial charge >= 0.3 is 7.37 Å². The Labute approximate surface area is 329 Å². The van der Waals surface area contributed by atoms with Gasteiger partial charge in [0.15, 0.2) is 0 Å². The predicted molar refractivity (Wildman–Crippen MR) is 227 cm³/mol. The van der Waals surface area contributed by atoms with Crippen LogP contribution >= 0.6 is 14.5 Å². The van der Waals surface area contributed by atoms with Gasteiger partial charge in [0.05, 0.1) is 6.61 Å². The first kappa shape index (κ1) is 42.2. The lowest BCUT2D eigenvalue weighted by molar-refractivity contribution is -0.117. The lowest BCUT2D eigenvalue weighted by Crippen LogP contribution is -2.20. The molecule has 1 aliphatic carbocycles. The molecule has 0 saturated heterocycles. The van der Waals surface area contributed by atoms with Gasteiger partial charge in [-0.05, 0) is 113 Å². The van der Waals surface area contributed by atoms with Crippen LogP contribution in [0.5, 0.6) is 0 Å². The third-order valence-electron chi connectivity index (χ3n) is 10.1. The van der Waals surface area contributed by atoms with Gasteiger partial charge in [-0.25, -0.2) is 0 Å². The fourth-order valence-electron chi connectivity index (χ4n) is 7.44. The van der Waals surface area contributed by atoms with Gasteiger partial charge in [-0.15, -0.1) is 0 Å². The van der Waals surface area contributed by atoms with E-state index in [1.807, 2.05) is 45.1 Å². The van der Waals surface area contributed by atoms with Crippen LogP contribution in [0.3, 0.4) is 0 Å². The van der Waals surface area contributed by atoms with Crippen LogP contribution in [0, 0.1) is 41.5 Å². The van der Waals surface area contributed by atoms with Crippen LogP contribution in [0.15, 0.2) is 96.3 Å². The van der Waals surface area contributed by atoms with E-state index >= 15 is 0 Å². The highest BCUT2D eigenvalue weighted by Crippen LogP contribution is 2.58. The normalized spacial score (nSPS) is 14.6. The van der Waals surface area contributed by atoms with Crippen molar-refractivity contribution in [1.82, 2.24) is 0 Å². The topological polar surface area (TPSA) is 136 Å². The number of nitrogens with one attached hydrogen (secondary N) is 2. The molecule has 0 saturated carbocycles. The molecule has 0 fully saturated rings. The smallest absolute Gasteiger partial charge is 0.300 e. The number of allylic oxidation sites excluding steroid dienone is 4. The maximum absolute atomic E-state index is 14.9. The molecule has 2 atom stereocenters. The fourth-order valence-corrected chi connectivity index (χ4v) is 12.2. The van der Waals surface area contributed by atoms with E-state index in [9.17, 15) is 28.3 Å². The summed E-state index contributed by atoms with van der Waals surface area (Å²) >= 11 is 0. The number of carbonyl (C=O) groups excluding carboxylic acids is 4. The number of benzene rings is 4. The third-order valence-corrected chi connectivity index (χ3v) is 15.4. The summed E-state index contributed by atoms with van der Waals surface area (Å²) in [4.78, 5) is 55.1. The molecule has 11 heteroatoms.